The highest BCUT2D eigenvalue weighted by molar-refractivity contribution is 6.31. The van der Waals surface area contributed by atoms with Crippen molar-refractivity contribution in [1.82, 2.24) is 15.8 Å². The van der Waals surface area contributed by atoms with Crippen LogP contribution in [0.5, 0.6) is 0 Å². The highest BCUT2D eigenvalue weighted by atomic mass is 35.5. The van der Waals surface area contributed by atoms with E-state index in [1.165, 1.54) is 5.69 Å². The molecule has 0 bridgehead atoms. The number of carbonyl (C=O) groups excluding carboxylic acids is 2. The molecule has 1 aliphatic rings. The van der Waals surface area contributed by atoms with Gasteiger partial charge in [0, 0.05) is 49.9 Å². The molecule has 0 aromatic heterocycles. The maximum absolute atomic E-state index is 12.0. The summed E-state index contributed by atoms with van der Waals surface area (Å²) in [4.78, 5) is 28.6. The lowest BCUT2D eigenvalue weighted by atomic mass is 10.1. The summed E-state index contributed by atoms with van der Waals surface area (Å²) in [5, 5.41) is 0.540. The van der Waals surface area contributed by atoms with Gasteiger partial charge in [-0.25, -0.2) is 0 Å². The summed E-state index contributed by atoms with van der Waals surface area (Å²) in [6.07, 6.45) is 0.471. The van der Waals surface area contributed by atoms with Crippen molar-refractivity contribution in [1.29, 1.82) is 0 Å². The largest absolute Gasteiger partial charge is 0.369 e. The van der Waals surface area contributed by atoms with Crippen molar-refractivity contribution < 1.29 is 9.59 Å². The number of anilines is 1. The van der Waals surface area contributed by atoms with Crippen molar-refractivity contribution in [2.75, 3.05) is 37.6 Å². The molecule has 1 saturated heterocycles. The summed E-state index contributed by atoms with van der Waals surface area (Å²) >= 11 is 6.04. The quantitative estimate of drug-likeness (QED) is 0.730. The first-order valence-corrected chi connectivity index (χ1v) is 9.83. The number of amides is 2. The van der Waals surface area contributed by atoms with Crippen LogP contribution in [0.3, 0.4) is 0 Å². The lowest BCUT2D eigenvalue weighted by Gasteiger charge is -2.36. The van der Waals surface area contributed by atoms with E-state index in [2.05, 4.69) is 32.8 Å². The van der Waals surface area contributed by atoms with Crippen molar-refractivity contribution in [2.45, 2.75) is 12.8 Å². The SMILES string of the molecule is O=C(CCN1CCN(c2ccccc2)CC1)NNC(=O)Cc1ccccc1Cl. The number of hydrogen-bond acceptors (Lipinski definition) is 4. The molecule has 3 rings (SSSR count). The number of para-hydroxylation sites is 1. The molecule has 0 radical (unpaired) electrons. The minimum absolute atomic E-state index is 0.126. The first-order chi connectivity index (χ1) is 13.6. The van der Waals surface area contributed by atoms with Gasteiger partial charge in [-0.15, -0.1) is 0 Å². The molecule has 1 fully saturated rings. The van der Waals surface area contributed by atoms with Gasteiger partial charge in [0.1, 0.15) is 0 Å². The average molecular weight is 401 g/mol. The van der Waals surface area contributed by atoms with E-state index in [1.54, 1.807) is 12.1 Å². The van der Waals surface area contributed by atoms with Crippen LogP contribution >= 0.6 is 11.6 Å². The topological polar surface area (TPSA) is 64.7 Å². The Bertz CT molecular complexity index is 792. The van der Waals surface area contributed by atoms with Gasteiger partial charge in [0.2, 0.25) is 11.8 Å². The van der Waals surface area contributed by atoms with E-state index in [4.69, 9.17) is 11.6 Å². The Morgan fingerprint density at radius 1 is 0.857 bits per heavy atom. The Balaban J connectivity index is 1.33. The molecule has 7 heteroatoms. The highest BCUT2D eigenvalue weighted by Gasteiger charge is 2.17. The summed E-state index contributed by atoms with van der Waals surface area (Å²) < 4.78 is 0. The monoisotopic (exact) mass is 400 g/mol. The van der Waals surface area contributed by atoms with E-state index >= 15 is 0 Å². The zero-order chi connectivity index (χ0) is 19.8. The molecule has 0 aliphatic carbocycles. The molecule has 6 nitrogen and oxygen atoms in total. The maximum Gasteiger partial charge on any atom is 0.242 e. The number of nitrogens with zero attached hydrogens (tertiary/aromatic N) is 2. The number of benzene rings is 2. The molecule has 28 heavy (non-hydrogen) atoms. The van der Waals surface area contributed by atoms with Crippen molar-refractivity contribution in [3.8, 4) is 0 Å². The van der Waals surface area contributed by atoms with Crippen LogP contribution in [0, 0.1) is 0 Å². The number of halogens is 1. The van der Waals surface area contributed by atoms with Gasteiger partial charge in [-0.3, -0.25) is 25.3 Å². The van der Waals surface area contributed by atoms with E-state index in [0.717, 1.165) is 31.7 Å². The predicted octanol–water partition coefficient (Wildman–Crippen LogP) is 2.24. The molecule has 2 aromatic carbocycles. The molecule has 0 saturated carbocycles. The minimum atomic E-state index is -0.294. The van der Waals surface area contributed by atoms with E-state index in [1.807, 2.05) is 30.3 Å². The van der Waals surface area contributed by atoms with Crippen molar-refractivity contribution >= 4 is 29.1 Å². The molecule has 0 spiro atoms. The number of hydrogen-bond donors (Lipinski definition) is 2. The smallest absolute Gasteiger partial charge is 0.242 e. The molecule has 1 aliphatic heterocycles. The average Bonchev–Trinajstić information content (AvgIpc) is 2.73. The summed E-state index contributed by atoms with van der Waals surface area (Å²) in [5.74, 6) is -0.490. The van der Waals surface area contributed by atoms with Gasteiger partial charge in [-0.2, -0.15) is 0 Å². The normalized spacial score (nSPS) is 14.5. The summed E-state index contributed by atoms with van der Waals surface area (Å²) in [6.45, 7) is 4.40. The fourth-order valence-electron chi connectivity index (χ4n) is 3.19. The van der Waals surface area contributed by atoms with Crippen LogP contribution < -0.4 is 15.8 Å². The minimum Gasteiger partial charge on any atom is -0.369 e. The molecule has 1 heterocycles. The molecule has 2 N–H and O–H groups in total. The Labute approximate surface area is 170 Å². The van der Waals surface area contributed by atoms with E-state index in [9.17, 15) is 9.59 Å². The highest BCUT2D eigenvalue weighted by Crippen LogP contribution is 2.16. The van der Waals surface area contributed by atoms with Gasteiger partial charge in [-0.05, 0) is 23.8 Å². The lowest BCUT2D eigenvalue weighted by Crippen LogP contribution is -2.48. The third-order valence-electron chi connectivity index (χ3n) is 4.80. The third-order valence-corrected chi connectivity index (χ3v) is 5.17. The van der Waals surface area contributed by atoms with Crippen LogP contribution in [0.25, 0.3) is 0 Å². The fourth-order valence-corrected chi connectivity index (χ4v) is 3.39. The number of carbonyl (C=O) groups is 2. The fraction of sp³-hybridized carbons (Fsp3) is 0.333. The first-order valence-electron chi connectivity index (χ1n) is 9.45. The molecular formula is C21H25ClN4O2. The summed E-state index contributed by atoms with van der Waals surface area (Å²) in [5.41, 5.74) is 6.89. The number of rotatable bonds is 6. The molecule has 2 amide bonds. The summed E-state index contributed by atoms with van der Waals surface area (Å²) in [6, 6.07) is 17.5. The van der Waals surface area contributed by atoms with Crippen LogP contribution in [0.15, 0.2) is 54.6 Å². The van der Waals surface area contributed by atoms with E-state index in [0.29, 0.717) is 18.0 Å². The zero-order valence-electron chi connectivity index (χ0n) is 15.7. The van der Waals surface area contributed by atoms with Gasteiger partial charge in [0.15, 0.2) is 0 Å². The van der Waals surface area contributed by atoms with E-state index in [-0.39, 0.29) is 18.2 Å². The molecule has 2 aromatic rings. The lowest BCUT2D eigenvalue weighted by molar-refractivity contribution is -0.128. The van der Waals surface area contributed by atoms with Crippen LogP contribution in [-0.2, 0) is 16.0 Å². The Kier molecular flexibility index (Phi) is 7.28. The van der Waals surface area contributed by atoms with Crippen molar-refractivity contribution in [3.05, 3.63) is 65.2 Å². The first kappa shape index (κ1) is 20.2. The van der Waals surface area contributed by atoms with Gasteiger partial charge >= 0.3 is 0 Å². The molecule has 0 atom stereocenters. The van der Waals surface area contributed by atoms with Gasteiger partial charge in [0.25, 0.3) is 0 Å². The number of piperazine rings is 1. The van der Waals surface area contributed by atoms with Crippen LogP contribution in [-0.4, -0.2) is 49.4 Å². The number of hydrazine groups is 1. The second-order valence-electron chi connectivity index (χ2n) is 6.78. The van der Waals surface area contributed by atoms with Gasteiger partial charge in [-0.1, -0.05) is 48.0 Å². The van der Waals surface area contributed by atoms with E-state index < -0.39 is 0 Å². The standard InChI is InChI=1S/C21H25ClN4O2/c22-19-9-5-4-6-17(19)16-21(28)24-23-20(27)10-11-25-12-14-26(15-13-25)18-7-2-1-3-8-18/h1-9H,10-16H2,(H,23,27)(H,24,28). The molecular weight excluding hydrogens is 376 g/mol. The Hall–Kier alpha value is -2.57. The van der Waals surface area contributed by atoms with Gasteiger partial charge in [0.05, 0.1) is 6.42 Å². The van der Waals surface area contributed by atoms with Crippen LogP contribution in [0.4, 0.5) is 5.69 Å². The number of nitrogens with one attached hydrogen (secondary N) is 2. The zero-order valence-corrected chi connectivity index (χ0v) is 16.5. The van der Waals surface area contributed by atoms with Gasteiger partial charge < -0.3 is 4.90 Å². The van der Waals surface area contributed by atoms with Crippen molar-refractivity contribution in [2.24, 2.45) is 0 Å². The second-order valence-corrected chi connectivity index (χ2v) is 7.19. The van der Waals surface area contributed by atoms with Crippen LogP contribution in [0.2, 0.25) is 5.02 Å². The van der Waals surface area contributed by atoms with Crippen LogP contribution in [0.1, 0.15) is 12.0 Å². The predicted molar refractivity (Wildman–Crippen MR) is 111 cm³/mol. The van der Waals surface area contributed by atoms with Crippen molar-refractivity contribution in [3.63, 3.8) is 0 Å². The molecule has 148 valence electrons. The Morgan fingerprint density at radius 3 is 2.21 bits per heavy atom. The second kappa shape index (κ2) is 10.1. The Morgan fingerprint density at radius 2 is 1.50 bits per heavy atom. The third kappa shape index (κ3) is 5.97. The molecule has 0 unspecified atom stereocenters. The maximum atomic E-state index is 12.0. The summed E-state index contributed by atoms with van der Waals surface area (Å²) in [7, 11) is 0.